The van der Waals surface area contributed by atoms with Gasteiger partial charge >= 0.3 is 12.0 Å². The highest BCUT2D eigenvalue weighted by molar-refractivity contribution is 9.10. The average Bonchev–Trinajstić information content (AvgIpc) is 2.83. The summed E-state index contributed by atoms with van der Waals surface area (Å²) < 4.78 is 7.08. The fraction of sp³-hybridized carbons (Fsp3) is 0.0769. The summed E-state index contributed by atoms with van der Waals surface area (Å²) in [6, 6.07) is 13.5. The van der Waals surface area contributed by atoms with E-state index in [2.05, 4.69) is 37.2 Å². The first kappa shape index (κ1) is 26.6. The van der Waals surface area contributed by atoms with E-state index in [4.69, 9.17) is 21.4 Å². The second-order valence-electron chi connectivity index (χ2n) is 8.00. The molecule has 4 rings (SSSR count). The van der Waals surface area contributed by atoms with Gasteiger partial charge in [-0.05, 0) is 88.1 Å². The topological polar surface area (TPSA) is 113 Å². The minimum absolute atomic E-state index is 0.128. The number of carboxylic acid groups (broad SMARTS) is 1. The Balaban J connectivity index is 1.58. The monoisotopic (exact) mass is 646 g/mol. The number of carboxylic acids is 1. The normalized spacial score (nSPS) is 14.6. The van der Waals surface area contributed by atoms with Crippen LogP contribution in [0.4, 0.5) is 10.5 Å². The Bertz CT molecular complexity index is 1460. The van der Waals surface area contributed by atoms with Crippen LogP contribution in [-0.4, -0.2) is 28.9 Å². The van der Waals surface area contributed by atoms with Crippen LogP contribution in [0.1, 0.15) is 27.0 Å². The zero-order valence-electron chi connectivity index (χ0n) is 19.1. The molecule has 3 aromatic rings. The van der Waals surface area contributed by atoms with Crippen molar-refractivity contribution in [2.75, 3.05) is 4.90 Å². The fourth-order valence-corrected chi connectivity index (χ4v) is 4.76. The number of anilines is 1. The van der Waals surface area contributed by atoms with Crippen molar-refractivity contribution in [3.63, 3.8) is 0 Å². The molecule has 11 heteroatoms. The quantitative estimate of drug-likeness (QED) is 0.246. The molecule has 1 fully saturated rings. The van der Waals surface area contributed by atoms with Gasteiger partial charge < -0.3 is 9.84 Å². The lowest BCUT2D eigenvalue weighted by Gasteiger charge is -2.26. The summed E-state index contributed by atoms with van der Waals surface area (Å²) >= 11 is 13.2. The second kappa shape index (κ2) is 10.9. The van der Waals surface area contributed by atoms with Crippen LogP contribution in [0, 0.1) is 6.92 Å². The number of aromatic carboxylic acids is 1. The molecule has 0 aromatic heterocycles. The number of rotatable bonds is 6. The van der Waals surface area contributed by atoms with Crippen LogP contribution in [-0.2, 0) is 16.2 Å². The second-order valence-corrected chi connectivity index (χ2v) is 10.1. The number of aryl methyl sites for hydroxylation is 1. The molecule has 1 saturated heterocycles. The standard InChI is InChI=1S/C26H17Br2ClN2O6/c1-13-8-17(6-7-19(13)27)31-24(33)18(23(32)30-26(31)36)9-15-10-20(28)22(21(29)11-15)37-12-14-2-4-16(5-3-14)25(34)35/h2-11H,12H2,1H3,(H,34,35)(H,30,32,36)/b18-9+. The van der Waals surface area contributed by atoms with Crippen molar-refractivity contribution in [1.82, 2.24) is 5.32 Å². The first-order chi connectivity index (χ1) is 17.5. The summed E-state index contributed by atoms with van der Waals surface area (Å²) in [7, 11) is 0. The van der Waals surface area contributed by atoms with Crippen molar-refractivity contribution in [3.05, 3.63) is 96.4 Å². The summed E-state index contributed by atoms with van der Waals surface area (Å²) in [4.78, 5) is 50.1. The molecule has 3 aromatic carbocycles. The van der Waals surface area contributed by atoms with Gasteiger partial charge in [0.15, 0.2) is 5.75 Å². The molecule has 188 valence electrons. The van der Waals surface area contributed by atoms with Crippen molar-refractivity contribution in [3.8, 4) is 5.75 Å². The number of urea groups is 1. The number of nitrogens with one attached hydrogen (secondary N) is 1. The third-order valence-corrected chi connectivity index (χ3v) is 7.18. The van der Waals surface area contributed by atoms with E-state index in [0.717, 1.165) is 20.5 Å². The van der Waals surface area contributed by atoms with Crippen LogP contribution in [0.25, 0.3) is 6.08 Å². The SMILES string of the molecule is Cc1cc(N2C(=O)NC(=O)/C(=C\c3cc(Cl)c(OCc4ccc(C(=O)O)cc4)c(Br)c3)C2=O)ccc1Br. The summed E-state index contributed by atoms with van der Waals surface area (Å²) in [5, 5.41) is 11.4. The number of carbonyl (C=O) groups is 4. The number of barbiturate groups is 1. The lowest BCUT2D eigenvalue weighted by atomic mass is 10.1. The summed E-state index contributed by atoms with van der Waals surface area (Å²) in [5.41, 5.74) is 2.21. The predicted octanol–water partition coefficient (Wildman–Crippen LogP) is 6.12. The Morgan fingerprint density at radius 3 is 2.38 bits per heavy atom. The Labute approximate surface area is 233 Å². The number of amides is 4. The van der Waals surface area contributed by atoms with Crippen LogP contribution < -0.4 is 15.0 Å². The molecule has 0 unspecified atom stereocenters. The van der Waals surface area contributed by atoms with Crippen molar-refractivity contribution < 1.29 is 29.0 Å². The predicted molar refractivity (Wildman–Crippen MR) is 145 cm³/mol. The van der Waals surface area contributed by atoms with Gasteiger partial charge in [0.05, 0.1) is 20.7 Å². The molecule has 8 nitrogen and oxygen atoms in total. The number of ether oxygens (including phenoxy) is 1. The molecule has 0 atom stereocenters. The molecule has 0 aliphatic carbocycles. The van der Waals surface area contributed by atoms with Gasteiger partial charge in [0.2, 0.25) is 0 Å². The van der Waals surface area contributed by atoms with Crippen molar-refractivity contribution in [2.45, 2.75) is 13.5 Å². The number of hydrogen-bond acceptors (Lipinski definition) is 5. The van der Waals surface area contributed by atoms with Gasteiger partial charge in [0.25, 0.3) is 11.8 Å². The van der Waals surface area contributed by atoms with Crippen LogP contribution >= 0.6 is 43.5 Å². The minimum atomic E-state index is -1.02. The first-order valence-electron chi connectivity index (χ1n) is 10.7. The molecular formula is C26H17Br2ClN2O6. The molecule has 0 bridgehead atoms. The van der Waals surface area contributed by atoms with Gasteiger partial charge in [0, 0.05) is 4.47 Å². The van der Waals surface area contributed by atoms with E-state index >= 15 is 0 Å². The van der Waals surface area contributed by atoms with Gasteiger partial charge in [-0.3, -0.25) is 14.9 Å². The average molecular weight is 649 g/mol. The summed E-state index contributed by atoms with van der Waals surface area (Å²) in [5.74, 6) is -2.29. The van der Waals surface area contributed by atoms with E-state index in [9.17, 15) is 19.2 Å². The van der Waals surface area contributed by atoms with Crippen LogP contribution in [0.15, 0.2) is 69.1 Å². The maximum Gasteiger partial charge on any atom is 0.335 e. The van der Waals surface area contributed by atoms with E-state index in [1.165, 1.54) is 24.3 Å². The van der Waals surface area contributed by atoms with Crippen LogP contribution in [0.5, 0.6) is 5.75 Å². The number of nitrogens with zero attached hydrogens (tertiary/aromatic N) is 1. The van der Waals surface area contributed by atoms with Crippen LogP contribution in [0.2, 0.25) is 5.02 Å². The Morgan fingerprint density at radius 2 is 1.76 bits per heavy atom. The lowest BCUT2D eigenvalue weighted by molar-refractivity contribution is -0.122. The first-order valence-corrected chi connectivity index (χ1v) is 12.6. The van der Waals surface area contributed by atoms with Gasteiger partial charge in [-0.25, -0.2) is 14.5 Å². The molecule has 4 amide bonds. The molecular weight excluding hydrogens is 632 g/mol. The molecule has 1 aliphatic heterocycles. The number of hydrogen-bond donors (Lipinski definition) is 2. The molecule has 1 aliphatic rings. The number of carbonyl (C=O) groups excluding carboxylic acids is 3. The third kappa shape index (κ3) is 5.76. The maximum atomic E-state index is 13.2. The molecule has 2 N–H and O–H groups in total. The highest BCUT2D eigenvalue weighted by atomic mass is 79.9. The van der Waals surface area contributed by atoms with Crippen molar-refractivity contribution in [2.24, 2.45) is 0 Å². The Hall–Kier alpha value is -3.47. The molecule has 0 spiro atoms. The maximum absolute atomic E-state index is 13.2. The Morgan fingerprint density at radius 1 is 1.05 bits per heavy atom. The Kier molecular flexibility index (Phi) is 7.82. The van der Waals surface area contributed by atoms with Gasteiger partial charge in [-0.1, -0.05) is 39.7 Å². The lowest BCUT2D eigenvalue weighted by Crippen LogP contribution is -2.54. The summed E-state index contributed by atoms with van der Waals surface area (Å²) in [6.45, 7) is 1.94. The zero-order valence-corrected chi connectivity index (χ0v) is 23.0. The van der Waals surface area contributed by atoms with Gasteiger partial charge in [0.1, 0.15) is 12.2 Å². The number of benzene rings is 3. The molecule has 37 heavy (non-hydrogen) atoms. The molecule has 0 radical (unpaired) electrons. The smallest absolute Gasteiger partial charge is 0.335 e. The van der Waals surface area contributed by atoms with E-state index in [1.807, 2.05) is 6.92 Å². The van der Waals surface area contributed by atoms with E-state index in [1.54, 1.807) is 36.4 Å². The number of halogens is 3. The van der Waals surface area contributed by atoms with Crippen molar-refractivity contribution >= 4 is 79.0 Å². The van der Waals surface area contributed by atoms with Gasteiger partial charge in [-0.15, -0.1) is 0 Å². The fourth-order valence-electron chi connectivity index (χ4n) is 3.53. The highest BCUT2D eigenvalue weighted by Crippen LogP contribution is 2.36. The van der Waals surface area contributed by atoms with Gasteiger partial charge in [-0.2, -0.15) is 0 Å². The van der Waals surface area contributed by atoms with E-state index < -0.39 is 23.8 Å². The van der Waals surface area contributed by atoms with Crippen molar-refractivity contribution in [1.29, 1.82) is 0 Å². The summed E-state index contributed by atoms with van der Waals surface area (Å²) in [6.07, 6.45) is 1.34. The number of imide groups is 2. The van der Waals surface area contributed by atoms with E-state index in [0.29, 0.717) is 21.5 Å². The molecule has 0 saturated carbocycles. The highest BCUT2D eigenvalue weighted by Gasteiger charge is 2.37. The third-order valence-electron chi connectivity index (χ3n) is 5.42. The molecule has 1 heterocycles. The van der Waals surface area contributed by atoms with Crippen LogP contribution in [0.3, 0.4) is 0 Å². The van der Waals surface area contributed by atoms with E-state index in [-0.39, 0.29) is 22.8 Å². The minimum Gasteiger partial charge on any atom is -0.486 e. The zero-order chi connectivity index (χ0) is 26.9. The largest absolute Gasteiger partial charge is 0.486 e.